The van der Waals surface area contributed by atoms with Crippen molar-refractivity contribution in [3.8, 4) is 11.6 Å². The maximum Gasteiger partial charge on any atom is 0.410 e. The van der Waals surface area contributed by atoms with E-state index in [0.717, 1.165) is 0 Å². The zero-order valence-electron chi connectivity index (χ0n) is 14.2. The Balaban J connectivity index is 1.96. The number of nitrogens with zero attached hydrogens (tertiary/aromatic N) is 2. The highest BCUT2D eigenvalue weighted by Crippen LogP contribution is 2.26. The Hall–Kier alpha value is -2.12. The Morgan fingerprint density at radius 2 is 2.12 bits per heavy atom. The lowest BCUT2D eigenvalue weighted by molar-refractivity contribution is -0.0530. The van der Waals surface area contributed by atoms with Gasteiger partial charge in [-0.3, -0.25) is 0 Å². The van der Waals surface area contributed by atoms with Gasteiger partial charge in [0.15, 0.2) is 0 Å². The first-order valence-electron chi connectivity index (χ1n) is 7.71. The summed E-state index contributed by atoms with van der Waals surface area (Å²) in [6.07, 6.45) is 1.30. The third-order valence-electron chi connectivity index (χ3n) is 3.38. The smallest absolute Gasteiger partial charge is 0.410 e. The molecule has 8 heteroatoms. The maximum absolute atomic E-state index is 12.2. The number of carbonyl (C=O) groups is 1. The molecule has 0 saturated carbocycles. The molecular formula is C16H22F2N2O4. The number of carbonyl (C=O) groups excluding carboxylic acids is 1. The number of likely N-dealkylation sites (tertiary alicyclic amines) is 1. The molecular weight excluding hydrogens is 322 g/mol. The van der Waals surface area contributed by atoms with Gasteiger partial charge in [0.25, 0.3) is 0 Å². The number of halogens is 2. The Morgan fingerprint density at radius 3 is 2.75 bits per heavy atom. The van der Waals surface area contributed by atoms with Gasteiger partial charge in [-0.05, 0) is 33.8 Å². The van der Waals surface area contributed by atoms with Gasteiger partial charge in [0.05, 0.1) is 6.54 Å². The lowest BCUT2D eigenvalue weighted by Crippen LogP contribution is -2.39. The number of ether oxygens (including phenoxy) is 3. The average molecular weight is 344 g/mol. The summed E-state index contributed by atoms with van der Waals surface area (Å²) in [4.78, 5) is 17.5. The van der Waals surface area contributed by atoms with Crippen LogP contribution in [0.5, 0.6) is 11.6 Å². The van der Waals surface area contributed by atoms with Crippen molar-refractivity contribution >= 4 is 6.09 Å². The summed E-state index contributed by atoms with van der Waals surface area (Å²) in [7, 11) is 0. The normalized spacial score (nSPS) is 21.0. The second kappa shape index (κ2) is 7.19. The van der Waals surface area contributed by atoms with Crippen LogP contribution in [0.25, 0.3) is 0 Å². The van der Waals surface area contributed by atoms with Gasteiger partial charge >= 0.3 is 12.7 Å². The molecule has 24 heavy (non-hydrogen) atoms. The van der Waals surface area contributed by atoms with Crippen LogP contribution < -0.4 is 9.47 Å². The van der Waals surface area contributed by atoms with Crippen molar-refractivity contribution in [2.45, 2.75) is 58.5 Å². The van der Waals surface area contributed by atoms with Crippen LogP contribution >= 0.6 is 0 Å². The van der Waals surface area contributed by atoms with Gasteiger partial charge in [-0.2, -0.15) is 8.78 Å². The van der Waals surface area contributed by atoms with Crippen LogP contribution in [-0.4, -0.2) is 46.9 Å². The van der Waals surface area contributed by atoms with Crippen LogP contribution in [0.15, 0.2) is 18.3 Å². The molecule has 1 aliphatic heterocycles. The molecule has 2 rings (SSSR count). The summed E-state index contributed by atoms with van der Waals surface area (Å²) in [5.41, 5.74) is -0.567. The van der Waals surface area contributed by atoms with Crippen molar-refractivity contribution in [3.05, 3.63) is 18.3 Å². The standard InChI is InChI=1S/C16H22F2N2O4/c1-10-7-12(9-20(10)15(21)24-16(2,3)4)22-11-5-6-19-13(8-11)23-14(17)18/h5-6,8,10,12,14H,7,9H2,1-4H3/t10-,12+/m0/s1. The van der Waals surface area contributed by atoms with Crippen LogP contribution in [0.3, 0.4) is 0 Å². The van der Waals surface area contributed by atoms with E-state index in [2.05, 4.69) is 9.72 Å². The molecule has 2 atom stereocenters. The molecule has 0 spiro atoms. The van der Waals surface area contributed by atoms with Crippen molar-refractivity contribution in [1.29, 1.82) is 0 Å². The summed E-state index contributed by atoms with van der Waals surface area (Å²) in [6, 6.07) is 2.81. The molecule has 0 bridgehead atoms. The van der Waals surface area contributed by atoms with E-state index in [0.29, 0.717) is 18.7 Å². The highest BCUT2D eigenvalue weighted by Gasteiger charge is 2.36. The summed E-state index contributed by atoms with van der Waals surface area (Å²) < 4.78 is 39.8. The van der Waals surface area contributed by atoms with Crippen molar-refractivity contribution in [2.24, 2.45) is 0 Å². The zero-order valence-corrected chi connectivity index (χ0v) is 14.2. The minimum Gasteiger partial charge on any atom is -0.488 e. The molecule has 1 saturated heterocycles. The Morgan fingerprint density at radius 1 is 1.42 bits per heavy atom. The Kier molecular flexibility index (Phi) is 5.46. The van der Waals surface area contributed by atoms with Crippen LogP contribution in [0.2, 0.25) is 0 Å². The van der Waals surface area contributed by atoms with Gasteiger partial charge in [0, 0.05) is 24.7 Å². The maximum atomic E-state index is 12.2. The number of pyridine rings is 1. The van der Waals surface area contributed by atoms with E-state index in [-0.39, 0.29) is 18.0 Å². The van der Waals surface area contributed by atoms with E-state index in [1.165, 1.54) is 12.3 Å². The van der Waals surface area contributed by atoms with Crippen LogP contribution in [0.1, 0.15) is 34.1 Å². The predicted octanol–water partition coefficient (Wildman–Crippen LogP) is 3.46. The van der Waals surface area contributed by atoms with Crippen LogP contribution in [0, 0.1) is 0 Å². The molecule has 0 aromatic carbocycles. The summed E-state index contributed by atoms with van der Waals surface area (Å²) in [5.74, 6) is 0.154. The van der Waals surface area contributed by atoms with Gasteiger partial charge in [-0.15, -0.1) is 0 Å². The molecule has 1 fully saturated rings. The van der Waals surface area contributed by atoms with Crippen LogP contribution in [0.4, 0.5) is 13.6 Å². The topological polar surface area (TPSA) is 60.9 Å². The first kappa shape index (κ1) is 18.2. The molecule has 0 radical (unpaired) electrons. The second-order valence-corrected chi connectivity index (χ2v) is 6.67. The predicted molar refractivity (Wildman–Crippen MR) is 82.3 cm³/mol. The molecule has 0 N–H and O–H groups in total. The van der Waals surface area contributed by atoms with E-state index in [1.807, 2.05) is 6.92 Å². The molecule has 1 aromatic heterocycles. The Labute approximate surface area is 139 Å². The summed E-state index contributed by atoms with van der Waals surface area (Å²) in [5, 5.41) is 0. The van der Waals surface area contributed by atoms with E-state index in [1.54, 1.807) is 31.7 Å². The fraction of sp³-hybridized carbons (Fsp3) is 0.625. The lowest BCUT2D eigenvalue weighted by Gasteiger charge is -2.26. The molecule has 134 valence electrons. The van der Waals surface area contributed by atoms with Gasteiger partial charge in [0.2, 0.25) is 5.88 Å². The van der Waals surface area contributed by atoms with Crippen molar-refractivity contribution in [2.75, 3.05) is 6.54 Å². The molecule has 2 heterocycles. The third-order valence-corrected chi connectivity index (χ3v) is 3.38. The van der Waals surface area contributed by atoms with E-state index in [4.69, 9.17) is 9.47 Å². The number of amides is 1. The third kappa shape index (κ3) is 5.21. The highest BCUT2D eigenvalue weighted by molar-refractivity contribution is 5.69. The van der Waals surface area contributed by atoms with Gasteiger partial charge in [0.1, 0.15) is 17.5 Å². The number of aromatic nitrogens is 1. The largest absolute Gasteiger partial charge is 0.488 e. The second-order valence-electron chi connectivity index (χ2n) is 6.67. The van der Waals surface area contributed by atoms with Crippen molar-refractivity contribution < 1.29 is 27.8 Å². The summed E-state index contributed by atoms with van der Waals surface area (Å²) >= 11 is 0. The zero-order chi connectivity index (χ0) is 17.9. The summed E-state index contributed by atoms with van der Waals surface area (Å²) in [6.45, 7) is 4.75. The number of hydrogen-bond donors (Lipinski definition) is 0. The van der Waals surface area contributed by atoms with Crippen LogP contribution in [-0.2, 0) is 4.74 Å². The Bertz CT molecular complexity index is 577. The molecule has 0 unspecified atom stereocenters. The molecule has 1 aliphatic rings. The minimum atomic E-state index is -2.94. The first-order valence-corrected chi connectivity index (χ1v) is 7.71. The highest BCUT2D eigenvalue weighted by atomic mass is 19.3. The molecule has 1 aromatic rings. The van der Waals surface area contributed by atoms with Gasteiger partial charge < -0.3 is 19.1 Å². The van der Waals surface area contributed by atoms with Crippen molar-refractivity contribution in [3.63, 3.8) is 0 Å². The SMILES string of the molecule is C[C@H]1C[C@@H](Oc2ccnc(OC(F)F)c2)CN1C(=O)OC(C)(C)C. The molecule has 0 aliphatic carbocycles. The average Bonchev–Trinajstić information content (AvgIpc) is 2.77. The lowest BCUT2D eigenvalue weighted by atomic mass is 10.2. The molecule has 6 nitrogen and oxygen atoms in total. The van der Waals surface area contributed by atoms with E-state index in [9.17, 15) is 13.6 Å². The molecule has 1 amide bonds. The fourth-order valence-corrected chi connectivity index (χ4v) is 2.45. The number of alkyl halides is 2. The quantitative estimate of drug-likeness (QED) is 0.837. The minimum absolute atomic E-state index is 0.0385. The number of hydrogen-bond acceptors (Lipinski definition) is 5. The van der Waals surface area contributed by atoms with Gasteiger partial charge in [-0.25, -0.2) is 9.78 Å². The number of rotatable bonds is 4. The van der Waals surface area contributed by atoms with Gasteiger partial charge in [-0.1, -0.05) is 0 Å². The first-order chi connectivity index (χ1) is 11.1. The van der Waals surface area contributed by atoms with Crippen molar-refractivity contribution in [1.82, 2.24) is 9.88 Å². The van der Waals surface area contributed by atoms with E-state index >= 15 is 0 Å². The fourth-order valence-electron chi connectivity index (χ4n) is 2.45. The van der Waals surface area contributed by atoms with E-state index < -0.39 is 18.3 Å². The monoisotopic (exact) mass is 344 g/mol.